The third-order valence-corrected chi connectivity index (χ3v) is 6.44. The van der Waals surface area contributed by atoms with Crippen LogP contribution in [0, 0.1) is 0 Å². The van der Waals surface area contributed by atoms with Gasteiger partial charge in [-0.1, -0.05) is 30.3 Å². The molecule has 0 aromatic heterocycles. The number of carboxylic acid groups (broad SMARTS) is 1. The number of ether oxygens (including phenoxy) is 3. The quantitative estimate of drug-likeness (QED) is 0.0795. The third kappa shape index (κ3) is 11.9. The summed E-state index contributed by atoms with van der Waals surface area (Å²) < 4.78 is 14.8. The molecule has 13 N–H and O–H groups in total. The lowest BCUT2D eigenvalue weighted by molar-refractivity contribution is -0.327. The van der Waals surface area contributed by atoms with E-state index in [1.54, 1.807) is 12.1 Å². The van der Waals surface area contributed by atoms with Gasteiger partial charge in [0, 0.05) is 6.42 Å². The number of benzene rings is 1. The standard InChI is InChI=1S/C14H18N2O5.C12H24O11/c1-21-14(20)11(7-9-5-3-2-4-6-9)16-13(19)10(15)8-12(17)18;13-1-4(16)7(18)11(5(17)2-14)23-12-10(21)9(20)8(19)6(3-15)22-12/h2-6,10-11H,7-8,15H2,1H3,(H,16,19)(H,17,18);4-21H,1-3H2/t10-,11-;4-,5+,6+,7+,8-,9-,10+,11+,12-/m00/s1. The summed E-state index contributed by atoms with van der Waals surface area (Å²) in [6.07, 6.45) is -15.4. The van der Waals surface area contributed by atoms with Crippen LogP contribution in [-0.2, 0) is 35.0 Å². The number of amides is 1. The molecule has 1 aliphatic rings. The zero-order valence-corrected chi connectivity index (χ0v) is 23.8. The highest BCUT2D eigenvalue weighted by Gasteiger charge is 2.46. The van der Waals surface area contributed by atoms with E-state index in [0.717, 1.165) is 5.56 Å². The molecular weight excluding hydrogens is 596 g/mol. The fraction of sp³-hybridized carbons (Fsp3) is 0.654. The van der Waals surface area contributed by atoms with Gasteiger partial charge in [0.15, 0.2) is 6.29 Å². The number of nitrogens with two attached hydrogens (primary N) is 1. The average molecular weight is 639 g/mol. The monoisotopic (exact) mass is 638 g/mol. The fourth-order valence-electron chi connectivity index (χ4n) is 3.91. The maximum atomic E-state index is 11.8. The van der Waals surface area contributed by atoms with Crippen LogP contribution in [0.2, 0.25) is 0 Å². The first kappa shape index (κ1) is 39.2. The lowest BCUT2D eigenvalue weighted by Gasteiger charge is -2.42. The van der Waals surface area contributed by atoms with Crippen molar-refractivity contribution >= 4 is 17.8 Å². The van der Waals surface area contributed by atoms with E-state index in [1.807, 2.05) is 18.2 Å². The highest BCUT2D eigenvalue weighted by atomic mass is 16.7. The molecule has 44 heavy (non-hydrogen) atoms. The second kappa shape index (κ2) is 19.5. The highest BCUT2D eigenvalue weighted by molar-refractivity contribution is 5.89. The Labute approximate surface area is 251 Å². The van der Waals surface area contributed by atoms with Crippen molar-refractivity contribution in [1.29, 1.82) is 0 Å². The Balaban J connectivity index is 0.000000442. The minimum atomic E-state index is -1.85. The number of aliphatic carboxylic acids is 1. The number of esters is 1. The molecule has 11 atom stereocenters. The number of carboxylic acids is 1. The molecule has 0 unspecified atom stereocenters. The maximum Gasteiger partial charge on any atom is 0.328 e. The van der Waals surface area contributed by atoms with Gasteiger partial charge in [-0.15, -0.1) is 0 Å². The van der Waals surface area contributed by atoms with Gasteiger partial charge in [0.2, 0.25) is 5.91 Å². The summed E-state index contributed by atoms with van der Waals surface area (Å²) in [6, 6.07) is 6.93. The zero-order chi connectivity index (χ0) is 33.6. The second-order valence-corrected chi connectivity index (χ2v) is 9.77. The van der Waals surface area contributed by atoms with E-state index in [-0.39, 0.29) is 6.42 Å². The van der Waals surface area contributed by atoms with Crippen LogP contribution in [-0.4, -0.2) is 163 Å². The summed E-state index contributed by atoms with van der Waals surface area (Å²) in [5, 5.41) is 95.9. The number of carbonyl (C=O) groups excluding carboxylic acids is 2. The average Bonchev–Trinajstić information content (AvgIpc) is 3.01. The number of methoxy groups -OCH3 is 1. The number of hydrogen-bond acceptors (Lipinski definition) is 16. The van der Waals surface area contributed by atoms with Gasteiger partial charge in [0.05, 0.1) is 39.4 Å². The van der Waals surface area contributed by atoms with Gasteiger partial charge in [-0.05, 0) is 5.56 Å². The van der Waals surface area contributed by atoms with Crippen molar-refractivity contribution in [1.82, 2.24) is 5.32 Å². The Morgan fingerprint density at radius 3 is 2.05 bits per heavy atom. The number of rotatable bonds is 15. The summed E-state index contributed by atoms with van der Waals surface area (Å²) in [5.41, 5.74) is 6.29. The van der Waals surface area contributed by atoms with E-state index in [2.05, 4.69) is 10.1 Å². The van der Waals surface area contributed by atoms with Gasteiger partial charge in [-0.3, -0.25) is 9.59 Å². The largest absolute Gasteiger partial charge is 0.481 e. The summed E-state index contributed by atoms with van der Waals surface area (Å²) >= 11 is 0. The molecule has 18 nitrogen and oxygen atoms in total. The van der Waals surface area contributed by atoms with Crippen molar-refractivity contribution in [2.75, 3.05) is 26.9 Å². The Morgan fingerprint density at radius 1 is 0.955 bits per heavy atom. The molecule has 0 radical (unpaired) electrons. The SMILES string of the molecule is COC(=O)[C@H](Cc1ccccc1)NC(=O)[C@@H](N)CC(=O)O.OC[C@@H](O)[C@@H](O[C@@H]1O[C@H](CO)[C@H](O)[C@H](O)[C@H]1O)[C@H](O)[C@@H](O)CO. The molecule has 2 rings (SSSR count). The second-order valence-electron chi connectivity index (χ2n) is 9.77. The molecule has 0 spiro atoms. The van der Waals surface area contributed by atoms with Crippen molar-refractivity contribution in [3.05, 3.63) is 35.9 Å². The molecule has 1 heterocycles. The molecule has 18 heteroatoms. The topological polar surface area (TPSA) is 319 Å². The molecule has 1 fully saturated rings. The summed E-state index contributed by atoms with van der Waals surface area (Å²) in [5.74, 6) is -2.51. The molecule has 0 bridgehead atoms. The van der Waals surface area contributed by atoms with Crippen molar-refractivity contribution in [2.45, 2.75) is 80.0 Å². The van der Waals surface area contributed by atoms with Crippen molar-refractivity contribution in [3.63, 3.8) is 0 Å². The number of nitrogens with one attached hydrogen (secondary N) is 1. The van der Waals surface area contributed by atoms with E-state index >= 15 is 0 Å². The fourth-order valence-corrected chi connectivity index (χ4v) is 3.91. The van der Waals surface area contributed by atoms with Gasteiger partial charge in [-0.25, -0.2) is 4.79 Å². The van der Waals surface area contributed by atoms with Crippen LogP contribution in [0.1, 0.15) is 12.0 Å². The van der Waals surface area contributed by atoms with Gasteiger partial charge < -0.3 is 76.3 Å². The lowest BCUT2D eigenvalue weighted by Crippen LogP contribution is -2.61. The Bertz CT molecular complexity index is 1000. The molecule has 1 amide bonds. The van der Waals surface area contributed by atoms with Crippen LogP contribution < -0.4 is 11.1 Å². The minimum Gasteiger partial charge on any atom is -0.481 e. The number of aliphatic hydroxyl groups is 9. The zero-order valence-electron chi connectivity index (χ0n) is 23.8. The van der Waals surface area contributed by atoms with Crippen LogP contribution in [0.25, 0.3) is 0 Å². The predicted molar refractivity (Wildman–Crippen MR) is 145 cm³/mol. The van der Waals surface area contributed by atoms with E-state index in [1.165, 1.54) is 7.11 Å². The van der Waals surface area contributed by atoms with E-state index < -0.39 is 111 Å². The normalized spacial score (nSPS) is 25.7. The lowest BCUT2D eigenvalue weighted by atomic mass is 9.98. The summed E-state index contributed by atoms with van der Waals surface area (Å²) in [7, 11) is 1.21. The summed E-state index contributed by atoms with van der Waals surface area (Å²) in [6.45, 7) is -2.45. The van der Waals surface area contributed by atoms with Crippen LogP contribution >= 0.6 is 0 Å². The highest BCUT2D eigenvalue weighted by Crippen LogP contribution is 2.25. The molecule has 1 aromatic rings. The van der Waals surface area contributed by atoms with Crippen LogP contribution in [0.3, 0.4) is 0 Å². The van der Waals surface area contributed by atoms with Crippen molar-refractivity contribution in [2.24, 2.45) is 5.73 Å². The summed E-state index contributed by atoms with van der Waals surface area (Å²) in [4.78, 5) is 34.0. The van der Waals surface area contributed by atoms with Crippen molar-refractivity contribution in [3.8, 4) is 0 Å². The molecule has 0 saturated carbocycles. The smallest absolute Gasteiger partial charge is 0.328 e. The first-order valence-corrected chi connectivity index (χ1v) is 13.3. The van der Waals surface area contributed by atoms with Gasteiger partial charge in [-0.2, -0.15) is 0 Å². The predicted octanol–water partition coefficient (Wildman–Crippen LogP) is -6.07. The molecule has 0 aliphatic carbocycles. The van der Waals surface area contributed by atoms with E-state index in [4.69, 9.17) is 35.6 Å². The number of hydrogen-bond donors (Lipinski definition) is 12. The van der Waals surface area contributed by atoms with Gasteiger partial charge >= 0.3 is 11.9 Å². The molecule has 1 aromatic carbocycles. The van der Waals surface area contributed by atoms with Gasteiger partial charge in [0.25, 0.3) is 0 Å². The molecule has 252 valence electrons. The Morgan fingerprint density at radius 2 is 1.55 bits per heavy atom. The number of carbonyl (C=O) groups is 3. The first-order chi connectivity index (χ1) is 20.7. The van der Waals surface area contributed by atoms with E-state index in [9.17, 15) is 45.0 Å². The Hall–Kier alpha value is -2.85. The molecule has 1 aliphatic heterocycles. The van der Waals surface area contributed by atoms with E-state index in [0.29, 0.717) is 0 Å². The Kier molecular flexibility index (Phi) is 17.4. The van der Waals surface area contributed by atoms with Crippen LogP contribution in [0.4, 0.5) is 0 Å². The minimum absolute atomic E-state index is 0.235. The molecular formula is C26H42N2O16. The maximum absolute atomic E-state index is 11.8. The first-order valence-electron chi connectivity index (χ1n) is 13.3. The van der Waals surface area contributed by atoms with Crippen LogP contribution in [0.15, 0.2) is 30.3 Å². The third-order valence-electron chi connectivity index (χ3n) is 6.44. The van der Waals surface area contributed by atoms with Gasteiger partial charge in [0.1, 0.15) is 54.9 Å². The molecule has 1 saturated heterocycles. The van der Waals surface area contributed by atoms with Crippen molar-refractivity contribution < 1.29 is 79.7 Å². The number of aliphatic hydroxyl groups excluding tert-OH is 9. The van der Waals surface area contributed by atoms with Crippen LogP contribution in [0.5, 0.6) is 0 Å².